The van der Waals surface area contributed by atoms with Gasteiger partial charge in [-0.1, -0.05) is 30.3 Å². The van der Waals surface area contributed by atoms with Gasteiger partial charge >= 0.3 is 6.18 Å². The number of pyridine rings is 1. The van der Waals surface area contributed by atoms with E-state index in [-0.39, 0.29) is 12.0 Å². The van der Waals surface area contributed by atoms with Crippen molar-refractivity contribution in [2.24, 2.45) is 0 Å². The van der Waals surface area contributed by atoms with Crippen molar-refractivity contribution in [2.45, 2.75) is 13.1 Å². The van der Waals surface area contributed by atoms with E-state index in [1.165, 1.54) is 24.3 Å². The molecule has 26 heavy (non-hydrogen) atoms. The Labute approximate surface area is 148 Å². The fourth-order valence-electron chi connectivity index (χ4n) is 2.51. The van der Waals surface area contributed by atoms with Crippen LogP contribution in [0, 0.1) is 6.92 Å². The Morgan fingerprint density at radius 1 is 1.12 bits per heavy atom. The SMILES string of the molecule is Cc1cc2c(NC(=O)c3ccc(C=CC(F)(F)F)cc3)cccc2cn1. The van der Waals surface area contributed by atoms with Crippen LogP contribution in [-0.2, 0) is 0 Å². The Hall–Kier alpha value is -3.15. The van der Waals surface area contributed by atoms with Gasteiger partial charge in [0, 0.05) is 40.0 Å². The number of carbonyl (C=O) groups is 1. The molecule has 3 nitrogen and oxygen atoms in total. The van der Waals surface area contributed by atoms with Crippen molar-refractivity contribution in [3.05, 3.63) is 77.6 Å². The number of aromatic nitrogens is 1. The Morgan fingerprint density at radius 3 is 2.54 bits per heavy atom. The van der Waals surface area contributed by atoms with Crippen LogP contribution in [0.2, 0.25) is 0 Å². The molecule has 0 unspecified atom stereocenters. The number of halogens is 3. The van der Waals surface area contributed by atoms with E-state index in [0.717, 1.165) is 22.5 Å². The average Bonchev–Trinajstić information content (AvgIpc) is 2.60. The van der Waals surface area contributed by atoms with Gasteiger partial charge in [0.15, 0.2) is 0 Å². The highest BCUT2D eigenvalue weighted by molar-refractivity contribution is 6.09. The molecule has 132 valence electrons. The second kappa shape index (κ2) is 7.00. The van der Waals surface area contributed by atoms with Crippen LogP contribution in [0.15, 0.2) is 60.8 Å². The Morgan fingerprint density at radius 2 is 1.85 bits per heavy atom. The summed E-state index contributed by atoms with van der Waals surface area (Å²) in [6, 6.07) is 13.3. The lowest BCUT2D eigenvalue weighted by molar-refractivity contribution is -0.0790. The van der Waals surface area contributed by atoms with Gasteiger partial charge < -0.3 is 5.32 Å². The first kappa shape index (κ1) is 17.7. The molecular weight excluding hydrogens is 341 g/mol. The predicted molar refractivity (Wildman–Crippen MR) is 96.0 cm³/mol. The van der Waals surface area contributed by atoms with Crippen LogP contribution >= 0.6 is 0 Å². The Kier molecular flexibility index (Phi) is 4.75. The first-order valence-electron chi connectivity index (χ1n) is 7.84. The second-order valence-electron chi connectivity index (χ2n) is 5.80. The van der Waals surface area contributed by atoms with Gasteiger partial charge in [0.05, 0.1) is 0 Å². The number of allylic oxidation sites excluding steroid dienone is 1. The van der Waals surface area contributed by atoms with Crippen LogP contribution in [0.25, 0.3) is 16.8 Å². The van der Waals surface area contributed by atoms with Crippen LogP contribution < -0.4 is 5.32 Å². The molecule has 2 aromatic carbocycles. The van der Waals surface area contributed by atoms with E-state index in [1.54, 1.807) is 12.3 Å². The van der Waals surface area contributed by atoms with Gasteiger partial charge in [-0.15, -0.1) is 0 Å². The van der Waals surface area contributed by atoms with Gasteiger partial charge in [0.2, 0.25) is 0 Å². The lowest BCUT2D eigenvalue weighted by Crippen LogP contribution is -2.12. The number of nitrogens with one attached hydrogen (secondary N) is 1. The summed E-state index contributed by atoms with van der Waals surface area (Å²) >= 11 is 0. The largest absolute Gasteiger partial charge is 0.409 e. The zero-order valence-corrected chi connectivity index (χ0v) is 13.8. The van der Waals surface area contributed by atoms with E-state index < -0.39 is 6.18 Å². The van der Waals surface area contributed by atoms with Gasteiger partial charge in [-0.3, -0.25) is 9.78 Å². The Bertz CT molecular complexity index is 977. The smallest absolute Gasteiger partial charge is 0.321 e. The minimum absolute atomic E-state index is 0.161. The molecule has 0 fully saturated rings. The number of alkyl halides is 3. The van der Waals surface area contributed by atoms with Gasteiger partial charge in [0.25, 0.3) is 5.91 Å². The van der Waals surface area contributed by atoms with Crippen molar-refractivity contribution >= 4 is 28.4 Å². The van der Waals surface area contributed by atoms with Gasteiger partial charge in [0.1, 0.15) is 0 Å². The van der Waals surface area contributed by atoms with Gasteiger partial charge in [-0.25, -0.2) is 0 Å². The fraction of sp³-hybridized carbons (Fsp3) is 0.100. The number of fused-ring (bicyclic) bond motifs is 1. The molecule has 6 heteroatoms. The minimum atomic E-state index is -4.36. The second-order valence-corrected chi connectivity index (χ2v) is 5.80. The van der Waals surface area contributed by atoms with E-state index >= 15 is 0 Å². The molecule has 0 saturated carbocycles. The maximum Gasteiger partial charge on any atom is 0.409 e. The quantitative estimate of drug-likeness (QED) is 0.685. The van der Waals surface area contributed by atoms with E-state index in [2.05, 4.69) is 10.3 Å². The molecule has 0 radical (unpaired) electrons. The van der Waals surface area contributed by atoms with Gasteiger partial charge in [-0.2, -0.15) is 13.2 Å². The van der Waals surface area contributed by atoms with Crippen LogP contribution in [0.1, 0.15) is 21.6 Å². The first-order chi connectivity index (χ1) is 12.3. The molecule has 0 aliphatic rings. The number of anilines is 1. The van der Waals surface area contributed by atoms with Crippen LogP contribution in [0.4, 0.5) is 18.9 Å². The topological polar surface area (TPSA) is 42.0 Å². The molecule has 1 amide bonds. The number of amides is 1. The number of nitrogens with zero attached hydrogens (tertiary/aromatic N) is 1. The summed E-state index contributed by atoms with van der Waals surface area (Å²) in [7, 11) is 0. The highest BCUT2D eigenvalue weighted by atomic mass is 19.4. The number of aryl methyl sites for hydroxylation is 1. The summed E-state index contributed by atoms with van der Waals surface area (Å²) in [6.07, 6.45) is -1.50. The molecule has 3 aromatic rings. The standard InChI is InChI=1S/C20H15F3N2O/c1-13-11-17-16(12-24-13)3-2-4-18(17)25-19(26)15-7-5-14(6-8-15)9-10-20(21,22)23/h2-12H,1H3,(H,25,26). The van der Waals surface area contributed by atoms with Crippen molar-refractivity contribution in [1.29, 1.82) is 0 Å². The minimum Gasteiger partial charge on any atom is -0.321 e. The molecule has 1 aromatic heterocycles. The summed E-state index contributed by atoms with van der Waals surface area (Å²) < 4.78 is 36.6. The van der Waals surface area contributed by atoms with Crippen LogP contribution in [0.3, 0.4) is 0 Å². The van der Waals surface area contributed by atoms with Gasteiger partial charge in [-0.05, 0) is 36.8 Å². The third-order valence-corrected chi connectivity index (χ3v) is 3.79. The van der Waals surface area contributed by atoms with E-state index in [0.29, 0.717) is 16.8 Å². The highest BCUT2D eigenvalue weighted by Gasteiger charge is 2.21. The molecular formula is C20H15F3N2O. The number of benzene rings is 2. The summed E-state index contributed by atoms with van der Waals surface area (Å²) in [5.74, 6) is -0.335. The zero-order valence-electron chi connectivity index (χ0n) is 13.8. The molecule has 0 aliphatic heterocycles. The van der Waals surface area contributed by atoms with Crippen LogP contribution in [-0.4, -0.2) is 17.1 Å². The highest BCUT2D eigenvalue weighted by Crippen LogP contribution is 2.24. The van der Waals surface area contributed by atoms with Crippen molar-refractivity contribution in [3.8, 4) is 0 Å². The summed E-state index contributed by atoms with van der Waals surface area (Å²) in [6.45, 7) is 1.87. The summed E-state index contributed by atoms with van der Waals surface area (Å²) in [5, 5.41) is 4.62. The number of hydrogen-bond donors (Lipinski definition) is 1. The Balaban J connectivity index is 1.81. The molecule has 0 atom stereocenters. The third-order valence-electron chi connectivity index (χ3n) is 3.79. The third kappa shape index (κ3) is 4.27. The van der Waals surface area contributed by atoms with E-state index in [4.69, 9.17) is 0 Å². The van der Waals surface area contributed by atoms with E-state index in [9.17, 15) is 18.0 Å². The van der Waals surface area contributed by atoms with Crippen molar-refractivity contribution in [1.82, 2.24) is 4.98 Å². The zero-order chi connectivity index (χ0) is 18.7. The number of rotatable bonds is 3. The molecule has 0 spiro atoms. The maximum atomic E-state index is 12.4. The predicted octanol–water partition coefficient (Wildman–Crippen LogP) is 5.37. The summed E-state index contributed by atoms with van der Waals surface area (Å²) in [5.41, 5.74) is 2.21. The van der Waals surface area contributed by atoms with Crippen LogP contribution in [0.5, 0.6) is 0 Å². The molecule has 0 aliphatic carbocycles. The summed E-state index contributed by atoms with van der Waals surface area (Å²) in [4.78, 5) is 16.7. The van der Waals surface area contributed by atoms with Crippen molar-refractivity contribution in [3.63, 3.8) is 0 Å². The number of carbonyl (C=O) groups excluding carboxylic acids is 1. The lowest BCUT2D eigenvalue weighted by Gasteiger charge is -2.09. The number of hydrogen-bond acceptors (Lipinski definition) is 2. The maximum absolute atomic E-state index is 12.4. The molecule has 0 saturated heterocycles. The van der Waals surface area contributed by atoms with Crippen molar-refractivity contribution in [2.75, 3.05) is 5.32 Å². The molecule has 1 N–H and O–H groups in total. The lowest BCUT2D eigenvalue weighted by atomic mass is 10.1. The van der Waals surface area contributed by atoms with E-state index in [1.807, 2.05) is 25.1 Å². The molecule has 1 heterocycles. The van der Waals surface area contributed by atoms with Crippen molar-refractivity contribution < 1.29 is 18.0 Å². The first-order valence-corrected chi connectivity index (χ1v) is 7.84. The fourth-order valence-corrected chi connectivity index (χ4v) is 2.51. The molecule has 0 bridgehead atoms. The monoisotopic (exact) mass is 356 g/mol. The normalized spacial score (nSPS) is 11.8. The average molecular weight is 356 g/mol. The molecule has 3 rings (SSSR count).